The van der Waals surface area contributed by atoms with Crippen LogP contribution in [-0.2, 0) is 20.4 Å². The highest BCUT2D eigenvalue weighted by Gasteiger charge is 2.62. The van der Waals surface area contributed by atoms with Crippen LogP contribution >= 0.6 is 0 Å². The molecule has 5 rings (SSSR count). The van der Waals surface area contributed by atoms with E-state index >= 15 is 0 Å². The van der Waals surface area contributed by atoms with E-state index < -0.39 is 10.8 Å². The fraction of sp³-hybridized carbons (Fsp3) is 0.421. The standard InChI is InChI=1S/C38H46N4O4/c1-5-41(6-2)35(45)37(27-17-11-9-12-18-27)23-29(37)25-39-33(43)31-21-15-16-22-32(31)34(44)40-26-30-24-38(30,28-19-13-10-14-20-28)36(46)42(7-3)8-4/h9-22,29-30H,5-8,23-26H2,1-4H3,(H,39,43)(H,40,44). The first-order valence-electron chi connectivity index (χ1n) is 16.6. The van der Waals surface area contributed by atoms with E-state index in [1.54, 1.807) is 24.3 Å². The van der Waals surface area contributed by atoms with E-state index in [-0.39, 0.29) is 46.6 Å². The minimum absolute atomic E-state index is 0.0442. The van der Waals surface area contributed by atoms with Gasteiger partial charge in [0, 0.05) is 39.3 Å². The first kappa shape index (κ1) is 32.9. The van der Waals surface area contributed by atoms with Crippen LogP contribution in [0, 0.1) is 11.8 Å². The van der Waals surface area contributed by atoms with E-state index in [2.05, 4.69) is 10.6 Å². The van der Waals surface area contributed by atoms with Gasteiger partial charge in [-0.15, -0.1) is 0 Å². The van der Waals surface area contributed by atoms with Crippen LogP contribution in [0.15, 0.2) is 84.9 Å². The van der Waals surface area contributed by atoms with E-state index in [4.69, 9.17) is 0 Å². The minimum atomic E-state index is -0.657. The molecule has 2 fully saturated rings. The van der Waals surface area contributed by atoms with Gasteiger partial charge in [0.1, 0.15) is 0 Å². The number of amides is 4. The Labute approximate surface area is 272 Å². The van der Waals surface area contributed by atoms with Crippen molar-refractivity contribution in [3.05, 3.63) is 107 Å². The average Bonchev–Trinajstić information content (AvgIpc) is 4.02. The number of carbonyl (C=O) groups is 4. The zero-order valence-corrected chi connectivity index (χ0v) is 27.4. The van der Waals surface area contributed by atoms with Crippen molar-refractivity contribution in [1.82, 2.24) is 20.4 Å². The highest BCUT2D eigenvalue weighted by atomic mass is 16.2. The summed E-state index contributed by atoms with van der Waals surface area (Å²) in [5.41, 5.74) is 1.19. The number of nitrogens with zero attached hydrogens (tertiary/aromatic N) is 2. The molecule has 0 aliphatic heterocycles. The number of likely N-dealkylation sites (N-methyl/N-ethyl adjacent to an activating group) is 2. The van der Waals surface area contributed by atoms with Gasteiger partial charge in [-0.05, 0) is 75.6 Å². The highest BCUT2D eigenvalue weighted by Crippen LogP contribution is 2.56. The maximum Gasteiger partial charge on any atom is 0.252 e. The molecule has 0 spiro atoms. The molecule has 46 heavy (non-hydrogen) atoms. The van der Waals surface area contributed by atoms with Crippen molar-refractivity contribution in [2.45, 2.75) is 51.4 Å². The topological polar surface area (TPSA) is 98.8 Å². The molecule has 242 valence electrons. The SMILES string of the molecule is CCN(CC)C(=O)C1(c2ccccc2)CC1CNC(=O)c1ccccc1C(=O)NCC1CC1(C(=O)N(CC)CC)c1ccccc1. The second-order valence-electron chi connectivity index (χ2n) is 12.4. The third kappa shape index (κ3) is 6.05. The van der Waals surface area contributed by atoms with Crippen LogP contribution in [0.25, 0.3) is 0 Å². The van der Waals surface area contributed by atoms with E-state index in [9.17, 15) is 19.2 Å². The Bertz CT molecular complexity index is 1440. The summed E-state index contributed by atoms with van der Waals surface area (Å²) in [6.45, 7) is 11.1. The van der Waals surface area contributed by atoms with E-state index in [0.717, 1.165) is 11.1 Å². The van der Waals surface area contributed by atoms with Crippen LogP contribution in [0.1, 0.15) is 72.4 Å². The van der Waals surface area contributed by atoms with E-state index in [1.165, 1.54) is 0 Å². The summed E-state index contributed by atoms with van der Waals surface area (Å²) < 4.78 is 0. The zero-order valence-electron chi connectivity index (χ0n) is 27.4. The highest BCUT2D eigenvalue weighted by molar-refractivity contribution is 6.07. The lowest BCUT2D eigenvalue weighted by molar-refractivity contribution is -0.134. The third-order valence-electron chi connectivity index (χ3n) is 10.1. The molecule has 3 aromatic rings. The smallest absolute Gasteiger partial charge is 0.252 e. The maximum atomic E-state index is 13.7. The van der Waals surface area contributed by atoms with Crippen LogP contribution in [0.4, 0.5) is 0 Å². The molecule has 4 unspecified atom stereocenters. The Hall–Kier alpha value is -4.46. The van der Waals surface area contributed by atoms with Gasteiger partial charge in [-0.1, -0.05) is 72.8 Å². The number of rotatable bonds is 14. The molecule has 3 aromatic carbocycles. The Kier molecular flexibility index (Phi) is 9.94. The number of hydrogen-bond donors (Lipinski definition) is 2. The lowest BCUT2D eigenvalue weighted by Gasteiger charge is -2.26. The van der Waals surface area contributed by atoms with Crippen molar-refractivity contribution in [2.24, 2.45) is 11.8 Å². The normalized spacial score (nSPS) is 22.8. The second kappa shape index (κ2) is 13.9. The van der Waals surface area contributed by atoms with Gasteiger partial charge in [-0.25, -0.2) is 0 Å². The summed E-state index contributed by atoms with van der Waals surface area (Å²) in [7, 11) is 0. The second-order valence-corrected chi connectivity index (χ2v) is 12.4. The maximum absolute atomic E-state index is 13.7. The minimum Gasteiger partial charge on any atom is -0.352 e. The van der Waals surface area contributed by atoms with Gasteiger partial charge in [-0.2, -0.15) is 0 Å². The largest absolute Gasteiger partial charge is 0.352 e. The molecule has 0 heterocycles. The summed E-state index contributed by atoms with van der Waals surface area (Å²) >= 11 is 0. The number of nitrogens with one attached hydrogen (secondary N) is 2. The number of carbonyl (C=O) groups excluding carboxylic acids is 4. The molecule has 4 atom stereocenters. The van der Waals surface area contributed by atoms with Gasteiger partial charge in [0.25, 0.3) is 11.8 Å². The van der Waals surface area contributed by atoms with Gasteiger partial charge in [0.05, 0.1) is 22.0 Å². The quantitative estimate of drug-likeness (QED) is 0.270. The zero-order chi connectivity index (χ0) is 32.9. The van der Waals surface area contributed by atoms with Gasteiger partial charge in [0.15, 0.2) is 0 Å². The summed E-state index contributed by atoms with van der Waals surface area (Å²) in [6, 6.07) is 26.4. The van der Waals surface area contributed by atoms with Gasteiger partial charge in [0.2, 0.25) is 11.8 Å². The fourth-order valence-corrected chi connectivity index (χ4v) is 7.19. The fourth-order valence-electron chi connectivity index (χ4n) is 7.19. The average molecular weight is 623 g/mol. The van der Waals surface area contributed by atoms with E-state index in [1.807, 2.05) is 98.2 Å². The monoisotopic (exact) mass is 622 g/mol. The molecule has 4 amide bonds. The van der Waals surface area contributed by atoms with Crippen LogP contribution in [0.3, 0.4) is 0 Å². The molecule has 0 aromatic heterocycles. The lowest BCUT2D eigenvalue weighted by Crippen LogP contribution is -2.42. The molecule has 0 saturated heterocycles. The summed E-state index contributed by atoms with van der Waals surface area (Å²) in [6.07, 6.45) is 1.32. The lowest BCUT2D eigenvalue weighted by atomic mass is 9.91. The van der Waals surface area contributed by atoms with Crippen LogP contribution in [0.5, 0.6) is 0 Å². The van der Waals surface area contributed by atoms with Crippen LogP contribution in [0.2, 0.25) is 0 Å². The first-order chi connectivity index (χ1) is 22.3. The Morgan fingerprint density at radius 3 is 1.22 bits per heavy atom. The molecule has 2 N–H and O–H groups in total. The Morgan fingerprint density at radius 1 is 0.565 bits per heavy atom. The number of hydrogen-bond acceptors (Lipinski definition) is 4. The van der Waals surface area contributed by atoms with Gasteiger partial charge < -0.3 is 20.4 Å². The van der Waals surface area contributed by atoms with Crippen LogP contribution in [-0.4, -0.2) is 72.7 Å². The van der Waals surface area contributed by atoms with Gasteiger partial charge >= 0.3 is 0 Å². The van der Waals surface area contributed by atoms with Crippen molar-refractivity contribution in [1.29, 1.82) is 0 Å². The first-order valence-corrected chi connectivity index (χ1v) is 16.6. The molecule has 8 heteroatoms. The Balaban J connectivity index is 1.26. The molecular weight excluding hydrogens is 576 g/mol. The summed E-state index contributed by atoms with van der Waals surface area (Å²) in [5.74, 6) is -0.606. The molecule has 8 nitrogen and oxygen atoms in total. The van der Waals surface area contributed by atoms with Crippen molar-refractivity contribution in [2.75, 3.05) is 39.3 Å². The molecule has 0 radical (unpaired) electrons. The Morgan fingerprint density at radius 2 is 0.891 bits per heavy atom. The summed E-state index contributed by atoms with van der Waals surface area (Å²) in [5, 5.41) is 6.05. The third-order valence-corrected chi connectivity index (χ3v) is 10.1. The van der Waals surface area contributed by atoms with Crippen LogP contribution < -0.4 is 10.6 Å². The molecule has 2 aliphatic carbocycles. The van der Waals surface area contributed by atoms with Crippen molar-refractivity contribution in [3.63, 3.8) is 0 Å². The van der Waals surface area contributed by atoms with E-state index in [0.29, 0.717) is 52.1 Å². The molecular formula is C38H46N4O4. The molecule has 2 saturated carbocycles. The summed E-state index contributed by atoms with van der Waals surface area (Å²) in [4.78, 5) is 58.1. The van der Waals surface area contributed by atoms with Crippen molar-refractivity contribution >= 4 is 23.6 Å². The van der Waals surface area contributed by atoms with Crippen molar-refractivity contribution < 1.29 is 19.2 Å². The number of benzene rings is 3. The van der Waals surface area contributed by atoms with Crippen molar-refractivity contribution in [3.8, 4) is 0 Å². The predicted octanol–water partition coefficient (Wildman–Crippen LogP) is 4.80. The molecule has 2 aliphatic rings. The molecule has 0 bridgehead atoms. The van der Waals surface area contributed by atoms with Gasteiger partial charge in [-0.3, -0.25) is 19.2 Å². The predicted molar refractivity (Wildman–Crippen MR) is 179 cm³/mol.